The number of hydrogen-bond donors (Lipinski definition) is 3. The van der Waals surface area contributed by atoms with Crippen LogP contribution in [-0.2, 0) is 17.7 Å². The minimum absolute atomic E-state index is 0.0678. The van der Waals surface area contributed by atoms with Gasteiger partial charge in [0.2, 0.25) is 0 Å². The van der Waals surface area contributed by atoms with Gasteiger partial charge in [-0.3, -0.25) is 9.59 Å². The van der Waals surface area contributed by atoms with E-state index in [1.165, 1.54) is 7.11 Å². The number of nitrogens with zero attached hydrogens (tertiary/aromatic N) is 1. The van der Waals surface area contributed by atoms with Crippen LogP contribution in [0, 0.1) is 5.41 Å². The van der Waals surface area contributed by atoms with Gasteiger partial charge in [0.25, 0.3) is 11.8 Å². The molecular weight excluding hydrogens is 576 g/mol. The average molecular weight is 611 g/mol. The Hall–Kier alpha value is -4.54. The lowest BCUT2D eigenvalue weighted by atomic mass is 9.70. The van der Waals surface area contributed by atoms with E-state index in [-0.39, 0.29) is 28.6 Å². The van der Waals surface area contributed by atoms with Gasteiger partial charge in [-0.05, 0) is 77.2 Å². The van der Waals surface area contributed by atoms with E-state index < -0.39 is 5.97 Å². The first kappa shape index (κ1) is 29.5. The van der Waals surface area contributed by atoms with Gasteiger partial charge in [-0.1, -0.05) is 25.5 Å². The molecule has 0 bridgehead atoms. The fourth-order valence-electron chi connectivity index (χ4n) is 5.65. The Morgan fingerprint density at radius 2 is 1.82 bits per heavy atom. The standard InChI is InChI=1S/C34H34N4O5S/c1-34(12-3-13-34)19-36-32(40)27-9-8-23(29(38-27)33(41)42-2)24-17-28-26(30-21(10-14-43-28)11-15-44-30)16-25(24)31(39)37-22-6-4-20(18-35)5-7-22/h4-9,11,15-17H,3,10,12-14,18-19,35H2,1-2H3,(H,36,40)(H,37,39). The summed E-state index contributed by atoms with van der Waals surface area (Å²) in [7, 11) is 1.26. The third-order valence-corrected chi connectivity index (χ3v) is 9.46. The molecule has 1 saturated carbocycles. The highest BCUT2D eigenvalue weighted by atomic mass is 32.1. The fraction of sp³-hybridized carbons (Fsp3) is 0.294. The molecule has 0 unspecified atom stereocenters. The quantitative estimate of drug-likeness (QED) is 0.214. The van der Waals surface area contributed by atoms with E-state index >= 15 is 0 Å². The van der Waals surface area contributed by atoms with Crippen LogP contribution >= 0.6 is 11.3 Å². The first-order valence-corrected chi connectivity index (χ1v) is 15.5. The number of carbonyl (C=O) groups excluding carboxylic acids is 3. The maximum Gasteiger partial charge on any atom is 0.357 e. The average Bonchev–Trinajstić information content (AvgIpc) is 3.43. The molecule has 226 valence electrons. The minimum atomic E-state index is -0.722. The van der Waals surface area contributed by atoms with Gasteiger partial charge in [-0.25, -0.2) is 9.78 Å². The highest BCUT2D eigenvalue weighted by Gasteiger charge is 2.32. The number of carbonyl (C=O) groups is 3. The molecule has 6 rings (SSSR count). The zero-order valence-electron chi connectivity index (χ0n) is 24.7. The predicted molar refractivity (Wildman–Crippen MR) is 170 cm³/mol. The smallest absolute Gasteiger partial charge is 0.357 e. The van der Waals surface area contributed by atoms with E-state index in [0.29, 0.717) is 47.8 Å². The van der Waals surface area contributed by atoms with Crippen molar-refractivity contribution in [1.82, 2.24) is 10.3 Å². The van der Waals surface area contributed by atoms with Crippen molar-refractivity contribution in [2.24, 2.45) is 11.1 Å². The number of hydrogen-bond acceptors (Lipinski definition) is 8. The van der Waals surface area contributed by atoms with Crippen LogP contribution in [-0.4, -0.2) is 43.0 Å². The summed E-state index contributed by atoms with van der Waals surface area (Å²) in [6, 6.07) is 16.2. The number of fused-ring (bicyclic) bond motifs is 3. The number of amides is 2. The largest absolute Gasteiger partial charge is 0.493 e. The molecule has 4 N–H and O–H groups in total. The van der Waals surface area contributed by atoms with Gasteiger partial charge in [-0.15, -0.1) is 11.3 Å². The predicted octanol–water partition coefficient (Wildman–Crippen LogP) is 5.83. The van der Waals surface area contributed by atoms with Crippen molar-refractivity contribution in [2.45, 2.75) is 39.2 Å². The molecule has 0 saturated heterocycles. The molecule has 4 aromatic rings. The Bertz CT molecular complexity index is 1740. The van der Waals surface area contributed by atoms with Crippen molar-refractivity contribution in [1.29, 1.82) is 0 Å². The van der Waals surface area contributed by atoms with Crippen molar-refractivity contribution < 1.29 is 23.9 Å². The zero-order chi connectivity index (χ0) is 30.8. The molecule has 0 radical (unpaired) electrons. The number of aromatic nitrogens is 1. The lowest BCUT2D eigenvalue weighted by molar-refractivity contribution is 0.0594. The van der Waals surface area contributed by atoms with Gasteiger partial charge >= 0.3 is 5.97 Å². The summed E-state index contributed by atoms with van der Waals surface area (Å²) in [6.07, 6.45) is 4.00. The molecule has 2 amide bonds. The van der Waals surface area contributed by atoms with Gasteiger partial charge in [-0.2, -0.15) is 0 Å². The molecule has 0 atom stereocenters. The maximum atomic E-state index is 13.9. The molecule has 44 heavy (non-hydrogen) atoms. The molecule has 3 heterocycles. The summed E-state index contributed by atoms with van der Waals surface area (Å²) in [5, 5.41) is 7.96. The van der Waals surface area contributed by atoms with E-state index in [4.69, 9.17) is 15.2 Å². The molecule has 2 aliphatic rings. The summed E-state index contributed by atoms with van der Waals surface area (Å²) in [6.45, 7) is 3.54. The Morgan fingerprint density at radius 3 is 2.52 bits per heavy atom. The Morgan fingerprint density at radius 1 is 1.02 bits per heavy atom. The van der Waals surface area contributed by atoms with E-state index in [1.54, 1.807) is 47.7 Å². The Kier molecular flexibility index (Phi) is 8.20. The first-order chi connectivity index (χ1) is 21.3. The molecule has 9 nitrogen and oxygen atoms in total. The van der Waals surface area contributed by atoms with Crippen molar-refractivity contribution >= 4 is 34.8 Å². The highest BCUT2D eigenvalue weighted by Crippen LogP contribution is 2.43. The van der Waals surface area contributed by atoms with Crippen LogP contribution in [0.1, 0.15) is 68.6 Å². The van der Waals surface area contributed by atoms with E-state index in [9.17, 15) is 14.4 Å². The van der Waals surface area contributed by atoms with Crippen LogP contribution < -0.4 is 21.1 Å². The van der Waals surface area contributed by atoms with E-state index in [0.717, 1.165) is 47.3 Å². The van der Waals surface area contributed by atoms with Crippen LogP contribution in [0.4, 0.5) is 5.69 Å². The molecule has 10 heteroatoms. The number of methoxy groups -OCH3 is 1. The number of pyridine rings is 1. The first-order valence-electron chi connectivity index (χ1n) is 14.6. The maximum absolute atomic E-state index is 13.9. The minimum Gasteiger partial charge on any atom is -0.493 e. The second-order valence-electron chi connectivity index (χ2n) is 11.6. The third-order valence-electron chi connectivity index (χ3n) is 8.47. The van der Waals surface area contributed by atoms with Crippen LogP contribution in [0.3, 0.4) is 0 Å². The highest BCUT2D eigenvalue weighted by molar-refractivity contribution is 7.13. The Labute approximate surface area is 259 Å². The normalized spacial score (nSPS) is 14.6. The van der Waals surface area contributed by atoms with Gasteiger partial charge < -0.3 is 25.8 Å². The number of benzene rings is 2. The fourth-order valence-corrected chi connectivity index (χ4v) is 6.62. The monoisotopic (exact) mass is 610 g/mol. The lowest BCUT2D eigenvalue weighted by Crippen LogP contribution is -2.40. The number of nitrogens with one attached hydrogen (secondary N) is 2. The summed E-state index contributed by atoms with van der Waals surface area (Å²) in [5.74, 6) is -0.876. The lowest BCUT2D eigenvalue weighted by Gasteiger charge is -2.38. The number of anilines is 1. The van der Waals surface area contributed by atoms with Crippen molar-refractivity contribution in [2.75, 3.05) is 25.6 Å². The van der Waals surface area contributed by atoms with E-state index in [2.05, 4.69) is 28.6 Å². The van der Waals surface area contributed by atoms with Gasteiger partial charge in [0, 0.05) is 52.3 Å². The summed E-state index contributed by atoms with van der Waals surface area (Å²) >= 11 is 1.59. The number of thiophene rings is 1. The van der Waals surface area contributed by atoms with Crippen molar-refractivity contribution in [3.05, 3.63) is 88.1 Å². The van der Waals surface area contributed by atoms with Crippen LogP contribution in [0.2, 0.25) is 0 Å². The zero-order valence-corrected chi connectivity index (χ0v) is 25.5. The Balaban J connectivity index is 1.44. The SMILES string of the molecule is COC(=O)c1nc(C(=O)NCC2(C)CCC2)ccc1-c1cc2c(cc1C(=O)Nc1ccc(CN)cc1)-c1sccc1CCO2. The molecule has 1 aliphatic carbocycles. The van der Waals surface area contributed by atoms with Gasteiger partial charge in [0.05, 0.1) is 13.7 Å². The summed E-state index contributed by atoms with van der Waals surface area (Å²) in [4.78, 5) is 45.6. The number of nitrogens with two attached hydrogens (primary N) is 1. The molecule has 2 aromatic heterocycles. The second kappa shape index (κ2) is 12.2. The third kappa shape index (κ3) is 5.82. The van der Waals surface area contributed by atoms with Crippen molar-refractivity contribution in [3.8, 4) is 27.3 Å². The van der Waals surface area contributed by atoms with Gasteiger partial charge in [0.15, 0.2) is 5.69 Å². The molecule has 1 aliphatic heterocycles. The van der Waals surface area contributed by atoms with Gasteiger partial charge in [0.1, 0.15) is 11.4 Å². The molecule has 1 fully saturated rings. The van der Waals surface area contributed by atoms with Crippen LogP contribution in [0.15, 0.2) is 60.0 Å². The second-order valence-corrected chi connectivity index (χ2v) is 12.5. The van der Waals surface area contributed by atoms with E-state index in [1.807, 2.05) is 17.5 Å². The summed E-state index contributed by atoms with van der Waals surface area (Å²) in [5.41, 5.74) is 10.4. The number of ether oxygens (including phenoxy) is 2. The molecule has 2 aromatic carbocycles. The topological polar surface area (TPSA) is 133 Å². The molecular formula is C34H34N4O5S. The van der Waals surface area contributed by atoms with Crippen molar-refractivity contribution in [3.63, 3.8) is 0 Å². The number of esters is 1. The van der Waals surface area contributed by atoms with Crippen LogP contribution in [0.25, 0.3) is 21.6 Å². The number of rotatable bonds is 8. The molecule has 0 spiro atoms. The van der Waals surface area contributed by atoms with Crippen LogP contribution in [0.5, 0.6) is 5.75 Å². The summed E-state index contributed by atoms with van der Waals surface area (Å²) < 4.78 is 11.2.